The third-order valence-electron chi connectivity index (χ3n) is 3.77. The van der Waals surface area contributed by atoms with Crippen molar-refractivity contribution in [3.8, 4) is 22.6 Å². The molecule has 0 radical (unpaired) electrons. The summed E-state index contributed by atoms with van der Waals surface area (Å²) in [6.07, 6.45) is -0.103. The van der Waals surface area contributed by atoms with E-state index in [4.69, 9.17) is 25.8 Å². The maximum Gasteiger partial charge on any atom is 0.307 e. The Balaban J connectivity index is 2.11. The molecule has 6 heteroatoms. The van der Waals surface area contributed by atoms with Gasteiger partial charge in [0.05, 0.1) is 13.0 Å². The first-order valence-corrected chi connectivity index (χ1v) is 7.88. The maximum atomic E-state index is 11.2. The predicted molar refractivity (Wildman–Crippen MR) is 89.9 cm³/mol. The molecule has 24 heavy (non-hydrogen) atoms. The van der Waals surface area contributed by atoms with E-state index in [0.717, 1.165) is 16.7 Å². The summed E-state index contributed by atoms with van der Waals surface area (Å²) in [4.78, 5) is 11.2. The molecule has 0 spiro atoms. The van der Waals surface area contributed by atoms with Gasteiger partial charge in [0.1, 0.15) is 13.2 Å². The molecule has 1 aliphatic rings. The first kappa shape index (κ1) is 16.6. The van der Waals surface area contributed by atoms with Crippen LogP contribution in [-0.2, 0) is 22.6 Å². The molecule has 2 aromatic rings. The molecule has 0 amide bonds. The van der Waals surface area contributed by atoms with Crippen LogP contribution in [0.3, 0.4) is 0 Å². The molecule has 0 aliphatic carbocycles. The van der Waals surface area contributed by atoms with Crippen molar-refractivity contribution >= 4 is 17.6 Å². The molecule has 0 saturated carbocycles. The third kappa shape index (κ3) is 3.47. The molecule has 0 fully saturated rings. The molecule has 3 rings (SSSR count). The molecule has 2 aromatic carbocycles. The van der Waals surface area contributed by atoms with Crippen molar-refractivity contribution in [2.75, 3.05) is 20.3 Å². The lowest BCUT2D eigenvalue weighted by Gasteiger charge is -2.21. The Bertz CT molecular complexity index is 772. The highest BCUT2D eigenvalue weighted by Gasteiger charge is 2.19. The summed E-state index contributed by atoms with van der Waals surface area (Å²) in [5.41, 5.74) is 3.15. The number of carbonyl (C=O) groups is 1. The highest BCUT2D eigenvalue weighted by atomic mass is 35.5. The van der Waals surface area contributed by atoms with Crippen LogP contribution in [0.15, 0.2) is 30.3 Å². The summed E-state index contributed by atoms with van der Waals surface area (Å²) in [6.45, 7) is 1.31. The summed E-state index contributed by atoms with van der Waals surface area (Å²) < 4.78 is 16.3. The third-order valence-corrected chi connectivity index (χ3v) is 4.13. The van der Waals surface area contributed by atoms with Gasteiger partial charge in [0, 0.05) is 12.1 Å². The first-order valence-electron chi connectivity index (χ1n) is 7.50. The Morgan fingerprint density at radius 2 is 1.88 bits per heavy atom. The highest BCUT2D eigenvalue weighted by Crippen LogP contribution is 2.38. The molecule has 0 bridgehead atoms. The summed E-state index contributed by atoms with van der Waals surface area (Å²) in [6, 6.07) is 9.11. The fraction of sp³-hybridized carbons (Fsp3) is 0.278. The van der Waals surface area contributed by atoms with Gasteiger partial charge in [-0.1, -0.05) is 17.7 Å². The van der Waals surface area contributed by atoms with Crippen LogP contribution < -0.4 is 9.47 Å². The first-order chi connectivity index (χ1) is 11.6. The van der Waals surface area contributed by atoms with Crippen LogP contribution in [0, 0.1) is 0 Å². The Hall–Kier alpha value is -2.24. The molecule has 1 heterocycles. The van der Waals surface area contributed by atoms with E-state index in [1.807, 2.05) is 18.2 Å². The molecule has 5 nitrogen and oxygen atoms in total. The Morgan fingerprint density at radius 1 is 1.17 bits per heavy atom. The second-order valence-electron chi connectivity index (χ2n) is 5.46. The summed E-state index contributed by atoms with van der Waals surface area (Å²) in [5.74, 6) is 0.292. The molecule has 1 N–H and O–H groups in total. The lowest BCUT2D eigenvalue weighted by molar-refractivity contribution is -0.136. The zero-order valence-corrected chi connectivity index (χ0v) is 13.9. The zero-order valence-electron chi connectivity index (χ0n) is 13.2. The van der Waals surface area contributed by atoms with Gasteiger partial charge in [0.15, 0.2) is 11.5 Å². The van der Waals surface area contributed by atoms with Crippen molar-refractivity contribution in [1.29, 1.82) is 0 Å². The van der Waals surface area contributed by atoms with Gasteiger partial charge in [0.25, 0.3) is 0 Å². The number of fused-ring (bicyclic) bond motifs is 1. The van der Waals surface area contributed by atoms with E-state index in [1.165, 1.54) is 0 Å². The average molecular weight is 349 g/mol. The van der Waals surface area contributed by atoms with Gasteiger partial charge in [-0.3, -0.25) is 4.79 Å². The second-order valence-corrected chi connectivity index (χ2v) is 5.87. The van der Waals surface area contributed by atoms with E-state index >= 15 is 0 Å². The quantitative estimate of drug-likeness (QED) is 0.895. The van der Waals surface area contributed by atoms with Gasteiger partial charge < -0.3 is 19.3 Å². The monoisotopic (exact) mass is 348 g/mol. The van der Waals surface area contributed by atoms with Crippen molar-refractivity contribution in [2.24, 2.45) is 0 Å². The average Bonchev–Trinajstić information content (AvgIpc) is 2.56. The lowest BCUT2D eigenvalue weighted by Crippen LogP contribution is -2.16. The van der Waals surface area contributed by atoms with Crippen LogP contribution in [-0.4, -0.2) is 31.4 Å². The SMILES string of the molecule is COCc1cc(-c2cc3c(cc2CC(=O)O)OCCO3)ccc1Cl. The minimum absolute atomic E-state index is 0.103. The number of carboxylic acids is 1. The van der Waals surface area contributed by atoms with Gasteiger partial charge in [0.2, 0.25) is 0 Å². The number of benzene rings is 2. The number of rotatable bonds is 5. The molecule has 126 valence electrons. The van der Waals surface area contributed by atoms with Crippen molar-refractivity contribution in [3.63, 3.8) is 0 Å². The van der Waals surface area contributed by atoms with E-state index in [9.17, 15) is 9.90 Å². The molecule has 0 saturated heterocycles. The second kappa shape index (κ2) is 7.11. The summed E-state index contributed by atoms with van der Waals surface area (Å²) in [7, 11) is 1.60. The number of halogens is 1. The van der Waals surface area contributed by atoms with Crippen LogP contribution in [0.2, 0.25) is 5.02 Å². The van der Waals surface area contributed by atoms with Crippen molar-refractivity contribution < 1.29 is 24.1 Å². The Labute approximate surface area is 144 Å². The van der Waals surface area contributed by atoms with Crippen LogP contribution in [0.25, 0.3) is 11.1 Å². The zero-order chi connectivity index (χ0) is 17.1. The molecule has 0 aromatic heterocycles. The van der Waals surface area contributed by atoms with Crippen LogP contribution in [0.5, 0.6) is 11.5 Å². The molecule has 1 aliphatic heterocycles. The van der Waals surface area contributed by atoms with Gasteiger partial charge in [-0.05, 0) is 46.5 Å². The fourth-order valence-electron chi connectivity index (χ4n) is 2.72. The van der Waals surface area contributed by atoms with Crippen molar-refractivity contribution in [1.82, 2.24) is 0 Å². The van der Waals surface area contributed by atoms with Gasteiger partial charge >= 0.3 is 5.97 Å². The number of carboxylic acid groups (broad SMARTS) is 1. The number of hydrogen-bond acceptors (Lipinski definition) is 4. The summed E-state index contributed by atoms with van der Waals surface area (Å²) in [5, 5.41) is 9.82. The summed E-state index contributed by atoms with van der Waals surface area (Å²) >= 11 is 6.18. The number of hydrogen-bond donors (Lipinski definition) is 1. The van der Waals surface area contributed by atoms with Gasteiger partial charge in [-0.25, -0.2) is 0 Å². The van der Waals surface area contributed by atoms with Crippen LogP contribution in [0.4, 0.5) is 0 Å². The molecule has 0 unspecified atom stereocenters. The van der Waals surface area contributed by atoms with E-state index < -0.39 is 5.97 Å². The lowest BCUT2D eigenvalue weighted by atomic mass is 9.95. The van der Waals surface area contributed by atoms with Gasteiger partial charge in [-0.15, -0.1) is 0 Å². The minimum Gasteiger partial charge on any atom is -0.486 e. The van der Waals surface area contributed by atoms with Crippen molar-refractivity contribution in [2.45, 2.75) is 13.0 Å². The highest BCUT2D eigenvalue weighted by molar-refractivity contribution is 6.31. The van der Waals surface area contributed by atoms with Crippen LogP contribution in [0.1, 0.15) is 11.1 Å². The predicted octanol–water partition coefficient (Wildman–Crippen LogP) is 3.55. The van der Waals surface area contributed by atoms with E-state index in [-0.39, 0.29) is 6.42 Å². The Kier molecular flexibility index (Phi) is 4.92. The van der Waals surface area contributed by atoms with Gasteiger partial charge in [-0.2, -0.15) is 0 Å². The smallest absolute Gasteiger partial charge is 0.307 e. The Morgan fingerprint density at radius 3 is 2.54 bits per heavy atom. The van der Waals surface area contributed by atoms with E-state index in [2.05, 4.69) is 0 Å². The van der Waals surface area contributed by atoms with E-state index in [0.29, 0.717) is 41.9 Å². The van der Waals surface area contributed by atoms with Crippen molar-refractivity contribution in [3.05, 3.63) is 46.5 Å². The van der Waals surface area contributed by atoms with E-state index in [1.54, 1.807) is 19.2 Å². The number of ether oxygens (including phenoxy) is 3. The topological polar surface area (TPSA) is 65.0 Å². The molecule has 0 atom stereocenters. The number of methoxy groups -OCH3 is 1. The van der Waals surface area contributed by atoms with Crippen LogP contribution >= 0.6 is 11.6 Å². The minimum atomic E-state index is -0.904. The molecular weight excluding hydrogens is 332 g/mol. The largest absolute Gasteiger partial charge is 0.486 e. The normalized spacial score (nSPS) is 12.9. The standard InChI is InChI=1S/C18H17ClO5/c1-22-10-13-6-11(2-3-15(13)19)14-9-17-16(23-4-5-24-17)7-12(14)8-18(20)21/h2-3,6-7,9H,4-5,8,10H2,1H3,(H,20,21). The maximum absolute atomic E-state index is 11.2. The molecular formula is C18H17ClO5. The number of aliphatic carboxylic acids is 1. The fourth-order valence-corrected chi connectivity index (χ4v) is 2.89.